The van der Waals surface area contributed by atoms with Crippen LogP contribution >= 0.6 is 0 Å². The van der Waals surface area contributed by atoms with Crippen LogP contribution in [0.2, 0.25) is 0 Å². The fourth-order valence-corrected chi connectivity index (χ4v) is 6.82. The Balaban J connectivity index is 1.52. The summed E-state index contributed by atoms with van der Waals surface area (Å²) in [4.78, 5) is 12.2. The Morgan fingerprint density at radius 1 is 1.18 bits per heavy atom. The van der Waals surface area contributed by atoms with Gasteiger partial charge in [-0.25, -0.2) is 0 Å². The molecule has 28 heavy (non-hydrogen) atoms. The van der Waals surface area contributed by atoms with E-state index < -0.39 is 5.79 Å². The van der Waals surface area contributed by atoms with Crippen molar-refractivity contribution in [3.05, 3.63) is 34.4 Å². The van der Waals surface area contributed by atoms with E-state index in [1.165, 1.54) is 29.5 Å². The zero-order valence-corrected chi connectivity index (χ0v) is 16.5. The van der Waals surface area contributed by atoms with Gasteiger partial charge in [-0.05, 0) is 85.7 Å². The molecule has 0 aromatic heterocycles. The van der Waals surface area contributed by atoms with Gasteiger partial charge >= 0.3 is 0 Å². The van der Waals surface area contributed by atoms with Gasteiger partial charge in [0.15, 0.2) is 5.79 Å². The SMILES string of the molecule is NC(=O)c1cc(CC2CC2)c2c(c1)[C@]13CCN[C@H](C2)[C@@H]1CCC1(C3)OCCO1. The van der Waals surface area contributed by atoms with Gasteiger partial charge in [0.1, 0.15) is 0 Å². The lowest BCUT2D eigenvalue weighted by Gasteiger charge is -2.59. The van der Waals surface area contributed by atoms with E-state index in [0.717, 1.165) is 51.0 Å². The lowest BCUT2D eigenvalue weighted by atomic mass is 9.51. The number of benzene rings is 1. The van der Waals surface area contributed by atoms with E-state index in [0.29, 0.717) is 30.7 Å². The Bertz CT molecular complexity index is 827. The smallest absolute Gasteiger partial charge is 0.248 e. The van der Waals surface area contributed by atoms with Crippen molar-refractivity contribution in [1.29, 1.82) is 0 Å². The van der Waals surface area contributed by atoms with Crippen molar-refractivity contribution in [3.63, 3.8) is 0 Å². The van der Waals surface area contributed by atoms with E-state index in [1.54, 1.807) is 0 Å². The fraction of sp³-hybridized carbons (Fsp3) is 0.696. The molecule has 1 amide bonds. The first-order valence-electron chi connectivity index (χ1n) is 11.1. The lowest BCUT2D eigenvalue weighted by Crippen LogP contribution is -2.63. The minimum Gasteiger partial charge on any atom is -0.366 e. The van der Waals surface area contributed by atoms with Gasteiger partial charge in [-0.3, -0.25) is 4.79 Å². The maximum absolute atomic E-state index is 12.2. The molecule has 3 N–H and O–H groups in total. The highest BCUT2D eigenvalue weighted by molar-refractivity contribution is 5.93. The number of nitrogens with two attached hydrogens (primary N) is 1. The number of hydrogen-bond acceptors (Lipinski definition) is 4. The first-order valence-corrected chi connectivity index (χ1v) is 11.1. The number of rotatable bonds is 3. The number of carbonyl (C=O) groups excluding carboxylic acids is 1. The van der Waals surface area contributed by atoms with Gasteiger partial charge in [0, 0.05) is 29.9 Å². The summed E-state index contributed by atoms with van der Waals surface area (Å²) in [6, 6.07) is 4.75. The number of primary amides is 1. The molecule has 6 rings (SSSR count). The second-order valence-corrected chi connectivity index (χ2v) is 9.77. The van der Waals surface area contributed by atoms with Crippen LogP contribution in [-0.2, 0) is 27.7 Å². The zero-order chi connectivity index (χ0) is 18.9. The minimum absolute atomic E-state index is 0.0376. The van der Waals surface area contributed by atoms with Crippen LogP contribution < -0.4 is 11.1 Å². The van der Waals surface area contributed by atoms with Crippen molar-refractivity contribution in [2.75, 3.05) is 19.8 Å². The van der Waals surface area contributed by atoms with Crippen molar-refractivity contribution in [3.8, 4) is 0 Å². The number of fused-ring (bicyclic) bond motifs is 1. The molecule has 0 unspecified atom stereocenters. The molecule has 4 fully saturated rings. The number of carbonyl (C=O) groups is 1. The molecule has 0 radical (unpaired) electrons. The summed E-state index contributed by atoms with van der Waals surface area (Å²) in [7, 11) is 0. The Hall–Kier alpha value is -1.43. The van der Waals surface area contributed by atoms with Gasteiger partial charge < -0.3 is 20.5 Å². The summed E-state index contributed by atoms with van der Waals surface area (Å²) >= 11 is 0. The molecule has 3 aliphatic carbocycles. The van der Waals surface area contributed by atoms with E-state index in [-0.39, 0.29) is 11.3 Å². The summed E-state index contributed by atoms with van der Waals surface area (Å²) in [6.45, 7) is 2.42. The first-order chi connectivity index (χ1) is 13.6. The predicted molar refractivity (Wildman–Crippen MR) is 105 cm³/mol. The van der Waals surface area contributed by atoms with Crippen molar-refractivity contribution in [2.45, 2.75) is 68.6 Å². The van der Waals surface area contributed by atoms with Crippen molar-refractivity contribution in [1.82, 2.24) is 5.32 Å². The quantitative estimate of drug-likeness (QED) is 0.842. The summed E-state index contributed by atoms with van der Waals surface area (Å²) in [5.74, 6) is 0.646. The van der Waals surface area contributed by atoms with Gasteiger partial charge in [-0.15, -0.1) is 0 Å². The average Bonchev–Trinajstić information content (AvgIpc) is 3.39. The lowest BCUT2D eigenvalue weighted by molar-refractivity contribution is -0.207. The van der Waals surface area contributed by atoms with E-state index in [2.05, 4.69) is 17.4 Å². The van der Waals surface area contributed by atoms with E-state index >= 15 is 0 Å². The maximum Gasteiger partial charge on any atom is 0.248 e. The van der Waals surface area contributed by atoms with Crippen LogP contribution in [0.3, 0.4) is 0 Å². The van der Waals surface area contributed by atoms with Gasteiger partial charge in [-0.1, -0.05) is 0 Å². The first kappa shape index (κ1) is 17.4. The van der Waals surface area contributed by atoms with Crippen molar-refractivity contribution in [2.24, 2.45) is 17.6 Å². The highest BCUT2D eigenvalue weighted by Gasteiger charge is 2.59. The molecular weight excluding hydrogens is 352 g/mol. The third-order valence-corrected chi connectivity index (χ3v) is 8.20. The van der Waals surface area contributed by atoms with E-state index in [9.17, 15) is 4.79 Å². The number of hydrogen-bond donors (Lipinski definition) is 2. The van der Waals surface area contributed by atoms with Gasteiger partial charge in [0.05, 0.1) is 13.2 Å². The standard InChI is InChI=1S/C23H30N2O3/c24-21(26)16-10-15(9-14-1-2-14)17-12-20-18-3-4-23(27-7-8-28-23)13-22(18,5-6-25-20)19(17)11-16/h10-11,14,18,20,25H,1-9,12-13H2,(H2,24,26)/t18-,20+,22-/m0/s1. The van der Waals surface area contributed by atoms with E-state index in [4.69, 9.17) is 15.2 Å². The minimum atomic E-state index is -0.424. The second kappa shape index (κ2) is 6.04. The van der Waals surface area contributed by atoms with Crippen LogP contribution in [-0.4, -0.2) is 37.5 Å². The third kappa shape index (κ3) is 2.52. The molecule has 2 saturated heterocycles. The molecule has 2 heterocycles. The van der Waals surface area contributed by atoms with Crippen LogP contribution in [0.1, 0.15) is 65.6 Å². The van der Waals surface area contributed by atoms with Gasteiger partial charge in [-0.2, -0.15) is 0 Å². The molecule has 150 valence electrons. The molecule has 2 aliphatic heterocycles. The second-order valence-electron chi connectivity index (χ2n) is 9.77. The fourth-order valence-electron chi connectivity index (χ4n) is 6.82. The van der Waals surface area contributed by atoms with Crippen molar-refractivity contribution < 1.29 is 14.3 Å². The van der Waals surface area contributed by atoms with Gasteiger partial charge in [0.25, 0.3) is 0 Å². The predicted octanol–water partition coefficient (Wildman–Crippen LogP) is 2.44. The van der Waals surface area contributed by atoms with Crippen LogP contribution in [0.15, 0.2) is 12.1 Å². The topological polar surface area (TPSA) is 73.6 Å². The molecule has 5 aliphatic rings. The molecule has 3 atom stereocenters. The highest BCUT2D eigenvalue weighted by Crippen LogP contribution is 2.58. The van der Waals surface area contributed by atoms with E-state index in [1.807, 2.05) is 0 Å². The summed E-state index contributed by atoms with van der Waals surface area (Å²) < 4.78 is 12.4. The Labute approximate surface area is 166 Å². The van der Waals surface area contributed by atoms with Gasteiger partial charge in [0.2, 0.25) is 5.91 Å². The largest absolute Gasteiger partial charge is 0.366 e. The van der Waals surface area contributed by atoms with Crippen LogP contribution in [0.25, 0.3) is 0 Å². The van der Waals surface area contributed by atoms with Crippen LogP contribution in [0.5, 0.6) is 0 Å². The molecule has 5 heteroatoms. The molecule has 1 aromatic rings. The summed E-state index contributed by atoms with van der Waals surface area (Å²) in [5, 5.41) is 3.82. The molecule has 2 saturated carbocycles. The normalized spacial score (nSPS) is 35.4. The number of ether oxygens (including phenoxy) is 2. The highest BCUT2D eigenvalue weighted by atomic mass is 16.7. The maximum atomic E-state index is 12.2. The Morgan fingerprint density at radius 2 is 2.00 bits per heavy atom. The molecule has 1 aromatic carbocycles. The molecule has 1 spiro atoms. The monoisotopic (exact) mass is 382 g/mol. The molecule has 2 bridgehead atoms. The molecular formula is C23H30N2O3. The van der Waals surface area contributed by atoms with Crippen molar-refractivity contribution >= 4 is 5.91 Å². The summed E-state index contributed by atoms with van der Waals surface area (Å²) in [6.07, 6.45) is 8.91. The number of nitrogens with one attached hydrogen (secondary N) is 1. The summed E-state index contributed by atoms with van der Waals surface area (Å²) in [5.41, 5.74) is 10.7. The van der Waals surface area contributed by atoms with Crippen LogP contribution in [0.4, 0.5) is 0 Å². The third-order valence-electron chi connectivity index (χ3n) is 8.20. The van der Waals surface area contributed by atoms with Crippen LogP contribution in [0, 0.1) is 11.8 Å². The zero-order valence-electron chi connectivity index (χ0n) is 16.5. The molecule has 5 nitrogen and oxygen atoms in total. The Kier molecular flexibility index (Phi) is 3.76. The number of piperidine rings is 1. The average molecular weight is 383 g/mol. The Morgan fingerprint density at radius 3 is 2.75 bits per heavy atom. The number of amides is 1.